The van der Waals surface area contributed by atoms with Crippen LogP contribution in [0.15, 0.2) is 23.3 Å². The van der Waals surface area contributed by atoms with E-state index in [1.165, 1.54) is 0 Å². The van der Waals surface area contributed by atoms with Crippen LogP contribution >= 0.6 is 35.4 Å². The van der Waals surface area contributed by atoms with Gasteiger partial charge in [-0.2, -0.15) is 14.9 Å². The molecule has 0 fully saturated rings. The van der Waals surface area contributed by atoms with Crippen molar-refractivity contribution >= 4 is 41.6 Å². The number of H-pyrrole nitrogens is 1. The van der Waals surface area contributed by atoms with E-state index < -0.39 is 0 Å². The second-order valence-corrected chi connectivity index (χ2v) is 5.44. The zero-order valence-corrected chi connectivity index (χ0v) is 13.3. The predicted molar refractivity (Wildman–Crippen MR) is 85.5 cm³/mol. The fourth-order valence-corrected chi connectivity index (χ4v) is 2.38. The van der Waals surface area contributed by atoms with E-state index in [9.17, 15) is 0 Å². The van der Waals surface area contributed by atoms with Gasteiger partial charge >= 0.3 is 0 Å². The predicted octanol–water partition coefficient (Wildman–Crippen LogP) is 4.47. The Labute approximate surface area is 132 Å². The van der Waals surface area contributed by atoms with Gasteiger partial charge in [0.05, 0.1) is 16.3 Å². The van der Waals surface area contributed by atoms with Crippen LogP contribution in [0.1, 0.15) is 31.2 Å². The van der Waals surface area contributed by atoms with Crippen molar-refractivity contribution < 1.29 is 0 Å². The summed E-state index contributed by atoms with van der Waals surface area (Å²) in [4.78, 5) is 0. The minimum Gasteiger partial charge on any atom is -0.250 e. The van der Waals surface area contributed by atoms with E-state index in [1.54, 1.807) is 29.1 Å². The Hall–Kier alpha value is -1.17. The summed E-state index contributed by atoms with van der Waals surface area (Å²) in [5.41, 5.74) is 0.667. The molecule has 0 saturated heterocycles. The number of aromatic amines is 1. The molecule has 0 aliphatic rings. The molecule has 7 heteroatoms. The summed E-state index contributed by atoms with van der Waals surface area (Å²) >= 11 is 17.4. The maximum absolute atomic E-state index is 6.10. The summed E-state index contributed by atoms with van der Waals surface area (Å²) in [7, 11) is 0. The summed E-state index contributed by atoms with van der Waals surface area (Å²) in [5, 5.41) is 12.4. The van der Waals surface area contributed by atoms with Gasteiger partial charge in [-0.1, -0.05) is 42.6 Å². The van der Waals surface area contributed by atoms with Crippen LogP contribution in [0.4, 0.5) is 0 Å². The average Bonchev–Trinajstić information content (AvgIpc) is 2.77. The van der Waals surface area contributed by atoms with Crippen LogP contribution in [0.2, 0.25) is 10.0 Å². The molecule has 1 aromatic heterocycles. The number of hydrogen-bond donors (Lipinski definition) is 1. The maximum atomic E-state index is 6.10. The van der Waals surface area contributed by atoms with Gasteiger partial charge in [-0.05, 0) is 30.8 Å². The monoisotopic (exact) mass is 328 g/mol. The summed E-state index contributed by atoms with van der Waals surface area (Å²) in [6.45, 7) is 2.12. The van der Waals surface area contributed by atoms with Crippen LogP contribution in [-0.4, -0.2) is 21.1 Å². The zero-order chi connectivity index (χ0) is 14.5. The molecule has 1 N–H and O–H groups in total. The van der Waals surface area contributed by atoms with Gasteiger partial charge in [0.25, 0.3) is 0 Å². The molecule has 0 bridgehead atoms. The molecular formula is C13H14Cl2N4S. The molecule has 4 nitrogen and oxygen atoms in total. The summed E-state index contributed by atoms with van der Waals surface area (Å²) in [6.07, 6.45) is 4.53. The highest BCUT2D eigenvalue weighted by Gasteiger charge is 2.06. The number of benzene rings is 1. The molecule has 0 saturated carbocycles. The number of aromatic nitrogens is 3. The highest BCUT2D eigenvalue weighted by molar-refractivity contribution is 7.71. The van der Waals surface area contributed by atoms with Crippen molar-refractivity contribution in [1.82, 2.24) is 14.9 Å². The number of aryl methyl sites for hydroxylation is 1. The van der Waals surface area contributed by atoms with Gasteiger partial charge in [-0.25, -0.2) is 0 Å². The fourth-order valence-electron chi connectivity index (χ4n) is 1.69. The van der Waals surface area contributed by atoms with E-state index >= 15 is 0 Å². The SMILES string of the molecule is CCCCc1n[nH]c(=S)n1/N=C/c1c(Cl)cccc1Cl. The van der Waals surface area contributed by atoms with Crippen molar-refractivity contribution in [3.05, 3.63) is 44.4 Å². The number of nitrogens with one attached hydrogen (secondary N) is 1. The lowest BCUT2D eigenvalue weighted by Gasteiger charge is -2.02. The summed E-state index contributed by atoms with van der Waals surface area (Å²) in [5.74, 6) is 0.802. The molecule has 0 radical (unpaired) electrons. The largest absolute Gasteiger partial charge is 0.250 e. The first-order valence-electron chi connectivity index (χ1n) is 6.28. The highest BCUT2D eigenvalue weighted by Crippen LogP contribution is 2.22. The van der Waals surface area contributed by atoms with Gasteiger partial charge in [-0.3, -0.25) is 5.10 Å². The van der Waals surface area contributed by atoms with E-state index in [4.69, 9.17) is 35.4 Å². The smallest absolute Gasteiger partial charge is 0.216 e. The third-order valence-electron chi connectivity index (χ3n) is 2.77. The lowest BCUT2D eigenvalue weighted by atomic mass is 10.2. The summed E-state index contributed by atoms with van der Waals surface area (Å²) < 4.78 is 2.06. The van der Waals surface area contributed by atoms with Crippen LogP contribution < -0.4 is 0 Å². The van der Waals surface area contributed by atoms with Crippen molar-refractivity contribution in [2.75, 3.05) is 0 Å². The van der Waals surface area contributed by atoms with Crippen LogP contribution in [-0.2, 0) is 6.42 Å². The Morgan fingerprint density at radius 2 is 2.10 bits per heavy atom. The molecule has 20 heavy (non-hydrogen) atoms. The number of unbranched alkanes of at least 4 members (excludes halogenated alkanes) is 1. The van der Waals surface area contributed by atoms with Crippen molar-refractivity contribution in [3.63, 3.8) is 0 Å². The van der Waals surface area contributed by atoms with E-state index in [0.717, 1.165) is 25.1 Å². The number of nitrogens with zero attached hydrogens (tertiary/aromatic N) is 3. The van der Waals surface area contributed by atoms with E-state index in [0.29, 0.717) is 20.4 Å². The minimum atomic E-state index is 0.454. The average molecular weight is 329 g/mol. The van der Waals surface area contributed by atoms with E-state index in [-0.39, 0.29) is 0 Å². The molecule has 1 heterocycles. The quantitative estimate of drug-likeness (QED) is 0.650. The van der Waals surface area contributed by atoms with E-state index in [1.807, 2.05) is 0 Å². The van der Waals surface area contributed by atoms with Gasteiger partial charge in [0.15, 0.2) is 5.82 Å². The Morgan fingerprint density at radius 3 is 2.75 bits per heavy atom. The van der Waals surface area contributed by atoms with Crippen molar-refractivity contribution in [2.24, 2.45) is 5.10 Å². The Balaban J connectivity index is 2.32. The second kappa shape index (κ2) is 7.02. The van der Waals surface area contributed by atoms with Gasteiger partial charge in [-0.15, -0.1) is 0 Å². The number of halogens is 2. The topological polar surface area (TPSA) is 46.0 Å². The molecule has 0 unspecified atom stereocenters. The fraction of sp³-hybridized carbons (Fsp3) is 0.308. The molecular weight excluding hydrogens is 315 g/mol. The van der Waals surface area contributed by atoms with Crippen LogP contribution in [0.5, 0.6) is 0 Å². The molecule has 1 aromatic carbocycles. The third kappa shape index (κ3) is 3.48. The minimum absolute atomic E-state index is 0.454. The van der Waals surface area contributed by atoms with Gasteiger partial charge in [0.1, 0.15) is 0 Å². The second-order valence-electron chi connectivity index (χ2n) is 4.24. The lowest BCUT2D eigenvalue weighted by Crippen LogP contribution is -1.99. The maximum Gasteiger partial charge on any atom is 0.216 e. The van der Waals surface area contributed by atoms with Gasteiger partial charge < -0.3 is 0 Å². The van der Waals surface area contributed by atoms with Gasteiger partial charge in [0.2, 0.25) is 4.77 Å². The Kier molecular flexibility index (Phi) is 5.34. The van der Waals surface area contributed by atoms with Crippen LogP contribution in [0.25, 0.3) is 0 Å². The Morgan fingerprint density at radius 1 is 1.40 bits per heavy atom. The molecule has 2 aromatic rings. The normalized spacial score (nSPS) is 11.3. The van der Waals surface area contributed by atoms with Crippen molar-refractivity contribution in [2.45, 2.75) is 26.2 Å². The number of hydrogen-bond acceptors (Lipinski definition) is 3. The van der Waals surface area contributed by atoms with Crippen molar-refractivity contribution in [3.8, 4) is 0 Å². The third-order valence-corrected chi connectivity index (χ3v) is 3.70. The lowest BCUT2D eigenvalue weighted by molar-refractivity contribution is 0.700. The molecule has 2 rings (SSSR count). The molecule has 0 atom stereocenters. The van der Waals surface area contributed by atoms with Crippen LogP contribution in [0.3, 0.4) is 0 Å². The first kappa shape index (κ1) is 15.2. The zero-order valence-electron chi connectivity index (χ0n) is 10.9. The van der Waals surface area contributed by atoms with E-state index in [2.05, 4.69) is 22.2 Å². The highest BCUT2D eigenvalue weighted by atomic mass is 35.5. The number of rotatable bonds is 5. The first-order chi connectivity index (χ1) is 9.63. The van der Waals surface area contributed by atoms with Crippen molar-refractivity contribution in [1.29, 1.82) is 0 Å². The first-order valence-corrected chi connectivity index (χ1v) is 7.44. The molecule has 106 valence electrons. The molecule has 0 aliphatic carbocycles. The van der Waals surface area contributed by atoms with Crippen LogP contribution in [0, 0.1) is 4.77 Å². The molecule has 0 spiro atoms. The Bertz CT molecular complexity index is 655. The molecule has 0 amide bonds. The van der Waals surface area contributed by atoms with Gasteiger partial charge in [0, 0.05) is 12.0 Å². The summed E-state index contributed by atoms with van der Waals surface area (Å²) in [6, 6.07) is 5.32. The molecule has 0 aliphatic heterocycles. The standard InChI is InChI=1S/C13H14Cl2N4S/c1-2-3-7-12-17-18-13(20)19(12)16-8-9-10(14)5-4-6-11(9)15/h4-6,8H,2-3,7H2,1H3,(H,18,20)/b16-8+.